The molecule has 1 rings (SSSR count). The van der Waals surface area contributed by atoms with Crippen LogP contribution in [-0.4, -0.2) is 16.7 Å². The highest BCUT2D eigenvalue weighted by Gasteiger charge is 2.32. The first-order chi connectivity index (χ1) is 6.45. The van der Waals surface area contributed by atoms with Crippen LogP contribution in [0.4, 0.5) is 13.2 Å². The van der Waals surface area contributed by atoms with E-state index in [0.29, 0.717) is 0 Å². The number of hydrogen-bond donors (Lipinski definition) is 2. The molecule has 0 fully saturated rings. The summed E-state index contributed by atoms with van der Waals surface area (Å²) in [5, 5.41) is 8.64. The highest BCUT2D eigenvalue weighted by molar-refractivity contribution is 5.16. The van der Waals surface area contributed by atoms with Crippen molar-refractivity contribution < 1.29 is 18.3 Å². The number of pyridine rings is 1. The van der Waals surface area contributed by atoms with Gasteiger partial charge in [0.1, 0.15) is 5.69 Å². The maximum Gasteiger partial charge on any atom is 0.433 e. The highest BCUT2D eigenvalue weighted by atomic mass is 19.4. The van der Waals surface area contributed by atoms with Gasteiger partial charge in [-0.3, -0.25) is 0 Å². The Balaban J connectivity index is 3.01. The zero-order valence-corrected chi connectivity index (χ0v) is 7.12. The van der Waals surface area contributed by atoms with E-state index in [0.717, 1.165) is 6.07 Å². The Hall–Kier alpha value is -1.14. The van der Waals surface area contributed by atoms with Crippen LogP contribution in [-0.2, 0) is 6.18 Å². The van der Waals surface area contributed by atoms with Crippen LogP contribution in [0.5, 0.6) is 0 Å². The van der Waals surface area contributed by atoms with E-state index in [-0.39, 0.29) is 5.69 Å². The van der Waals surface area contributed by atoms with Crippen LogP contribution in [0.25, 0.3) is 0 Å². The van der Waals surface area contributed by atoms with Gasteiger partial charge in [-0.15, -0.1) is 0 Å². The molecule has 0 amide bonds. The van der Waals surface area contributed by atoms with Crippen LogP contribution in [0.15, 0.2) is 18.2 Å². The average molecular weight is 206 g/mol. The van der Waals surface area contributed by atoms with Crippen LogP contribution in [0, 0.1) is 0 Å². The predicted molar refractivity (Wildman–Crippen MR) is 43.3 cm³/mol. The largest absolute Gasteiger partial charge is 0.433 e. The van der Waals surface area contributed by atoms with Gasteiger partial charge in [-0.25, -0.2) is 4.98 Å². The summed E-state index contributed by atoms with van der Waals surface area (Å²) in [6.07, 6.45) is -4.48. The SMILES string of the molecule is N[C@H](CO)c1cccc(C(F)(F)F)n1. The molecule has 6 heteroatoms. The van der Waals surface area contributed by atoms with Crippen LogP contribution in [0.3, 0.4) is 0 Å². The molecule has 14 heavy (non-hydrogen) atoms. The maximum atomic E-state index is 12.2. The van der Waals surface area contributed by atoms with Gasteiger partial charge in [-0.2, -0.15) is 13.2 Å². The lowest BCUT2D eigenvalue weighted by Gasteiger charge is -2.10. The number of aliphatic hydroxyl groups excluding tert-OH is 1. The van der Waals surface area contributed by atoms with Gasteiger partial charge in [-0.1, -0.05) is 6.07 Å². The molecular weight excluding hydrogens is 197 g/mol. The van der Waals surface area contributed by atoms with E-state index < -0.39 is 24.5 Å². The van der Waals surface area contributed by atoms with Crippen molar-refractivity contribution >= 4 is 0 Å². The lowest BCUT2D eigenvalue weighted by atomic mass is 10.2. The third-order valence-electron chi connectivity index (χ3n) is 1.64. The normalized spacial score (nSPS) is 14.1. The number of rotatable bonds is 2. The van der Waals surface area contributed by atoms with E-state index in [1.165, 1.54) is 12.1 Å². The van der Waals surface area contributed by atoms with Crippen molar-refractivity contribution in [1.82, 2.24) is 4.98 Å². The number of nitrogens with zero attached hydrogens (tertiary/aromatic N) is 1. The molecule has 0 aromatic carbocycles. The van der Waals surface area contributed by atoms with E-state index in [1.807, 2.05) is 0 Å². The molecule has 0 bridgehead atoms. The molecule has 0 radical (unpaired) electrons. The number of nitrogens with two attached hydrogens (primary N) is 1. The summed E-state index contributed by atoms with van der Waals surface area (Å²) in [5.41, 5.74) is 4.36. The van der Waals surface area contributed by atoms with Gasteiger partial charge >= 0.3 is 6.18 Å². The van der Waals surface area contributed by atoms with Gasteiger partial charge in [0, 0.05) is 0 Å². The molecule has 0 spiro atoms. The summed E-state index contributed by atoms with van der Waals surface area (Å²) < 4.78 is 36.5. The van der Waals surface area contributed by atoms with Crippen molar-refractivity contribution in [2.45, 2.75) is 12.2 Å². The Labute approximate surface area is 78.4 Å². The number of hydrogen-bond acceptors (Lipinski definition) is 3. The molecule has 0 unspecified atom stereocenters. The summed E-state index contributed by atoms with van der Waals surface area (Å²) >= 11 is 0. The second kappa shape index (κ2) is 3.93. The zero-order chi connectivity index (χ0) is 10.8. The van der Waals surface area contributed by atoms with Crippen LogP contribution in [0.2, 0.25) is 0 Å². The van der Waals surface area contributed by atoms with E-state index in [4.69, 9.17) is 10.8 Å². The van der Waals surface area contributed by atoms with Crippen LogP contribution < -0.4 is 5.73 Å². The lowest BCUT2D eigenvalue weighted by Crippen LogP contribution is -2.18. The second-order valence-corrected chi connectivity index (χ2v) is 2.73. The van der Waals surface area contributed by atoms with Crippen LogP contribution >= 0.6 is 0 Å². The molecule has 78 valence electrons. The maximum absolute atomic E-state index is 12.2. The fourth-order valence-electron chi connectivity index (χ4n) is 0.909. The van der Waals surface area contributed by atoms with Crippen molar-refractivity contribution in [3.05, 3.63) is 29.6 Å². The fraction of sp³-hybridized carbons (Fsp3) is 0.375. The Bertz CT molecular complexity index is 314. The zero-order valence-electron chi connectivity index (χ0n) is 7.12. The monoisotopic (exact) mass is 206 g/mol. The topological polar surface area (TPSA) is 59.1 Å². The van der Waals surface area contributed by atoms with E-state index in [1.54, 1.807) is 0 Å². The van der Waals surface area contributed by atoms with Gasteiger partial charge in [-0.05, 0) is 12.1 Å². The minimum Gasteiger partial charge on any atom is -0.394 e. The number of aliphatic hydroxyl groups is 1. The molecule has 1 aromatic rings. The third kappa shape index (κ3) is 2.43. The van der Waals surface area contributed by atoms with Crippen molar-refractivity contribution in [2.24, 2.45) is 5.73 Å². The molecule has 1 heterocycles. The van der Waals surface area contributed by atoms with E-state index in [9.17, 15) is 13.2 Å². The molecule has 0 aliphatic carbocycles. The van der Waals surface area contributed by atoms with Gasteiger partial charge < -0.3 is 10.8 Å². The molecule has 1 aromatic heterocycles. The average Bonchev–Trinajstić information content (AvgIpc) is 2.15. The van der Waals surface area contributed by atoms with Crippen molar-refractivity contribution in [1.29, 1.82) is 0 Å². The Kier molecular flexibility index (Phi) is 3.07. The number of halogens is 3. The van der Waals surface area contributed by atoms with Crippen molar-refractivity contribution in [3.8, 4) is 0 Å². The first-order valence-corrected chi connectivity index (χ1v) is 3.85. The number of aromatic nitrogens is 1. The summed E-state index contributed by atoms with van der Waals surface area (Å²) in [7, 11) is 0. The third-order valence-corrected chi connectivity index (χ3v) is 1.64. The smallest absolute Gasteiger partial charge is 0.394 e. The Morgan fingerprint density at radius 1 is 1.43 bits per heavy atom. The fourth-order valence-corrected chi connectivity index (χ4v) is 0.909. The molecule has 1 atom stereocenters. The Morgan fingerprint density at radius 2 is 2.07 bits per heavy atom. The quantitative estimate of drug-likeness (QED) is 0.761. The van der Waals surface area contributed by atoms with Gasteiger partial charge in [0.25, 0.3) is 0 Å². The van der Waals surface area contributed by atoms with Gasteiger partial charge in [0.15, 0.2) is 0 Å². The number of alkyl halides is 3. The summed E-state index contributed by atoms with van der Waals surface area (Å²) in [4.78, 5) is 3.30. The molecule has 0 aliphatic rings. The molecule has 0 aliphatic heterocycles. The molecule has 3 nitrogen and oxygen atoms in total. The first-order valence-electron chi connectivity index (χ1n) is 3.85. The molecule has 0 saturated heterocycles. The molecule has 0 saturated carbocycles. The minimum absolute atomic E-state index is 0.0299. The first kappa shape index (κ1) is 10.9. The summed E-state index contributed by atoms with van der Waals surface area (Å²) in [6.45, 7) is -0.436. The Morgan fingerprint density at radius 3 is 2.57 bits per heavy atom. The van der Waals surface area contributed by atoms with Crippen LogP contribution in [0.1, 0.15) is 17.4 Å². The molecular formula is C8H9F3N2O. The van der Waals surface area contributed by atoms with Gasteiger partial charge in [0.05, 0.1) is 18.3 Å². The lowest BCUT2D eigenvalue weighted by molar-refractivity contribution is -0.141. The predicted octanol–water partition coefficient (Wildman–Crippen LogP) is 1.09. The van der Waals surface area contributed by atoms with E-state index in [2.05, 4.69) is 4.98 Å². The highest BCUT2D eigenvalue weighted by Crippen LogP contribution is 2.27. The van der Waals surface area contributed by atoms with Crippen molar-refractivity contribution in [2.75, 3.05) is 6.61 Å². The summed E-state index contributed by atoms with van der Waals surface area (Å²) in [5.74, 6) is 0. The minimum atomic E-state index is -4.48. The van der Waals surface area contributed by atoms with Crippen molar-refractivity contribution in [3.63, 3.8) is 0 Å². The second-order valence-electron chi connectivity index (χ2n) is 2.73. The van der Waals surface area contributed by atoms with Gasteiger partial charge in [0.2, 0.25) is 0 Å². The summed E-state index contributed by atoms with van der Waals surface area (Å²) in [6, 6.07) is 2.53. The van der Waals surface area contributed by atoms with E-state index >= 15 is 0 Å². The standard InChI is InChI=1S/C8H9F3N2O/c9-8(10,11)7-3-1-2-6(13-7)5(12)4-14/h1-3,5,14H,4,12H2/t5-/m1/s1. The molecule has 3 N–H and O–H groups in total.